The highest BCUT2D eigenvalue weighted by molar-refractivity contribution is 6.68. The molecule has 1 amide bonds. The minimum absolute atomic E-state index is 0.115. The predicted molar refractivity (Wildman–Crippen MR) is 95.7 cm³/mol. The van der Waals surface area contributed by atoms with E-state index in [1.807, 2.05) is 30.3 Å². The first-order chi connectivity index (χ1) is 10.4. The molecule has 1 aromatic rings. The number of alkyl halides is 3. The molecular weight excluding hydrogens is 343 g/mol. The molecule has 124 valence electrons. The van der Waals surface area contributed by atoms with Crippen molar-refractivity contribution in [1.29, 1.82) is 0 Å². The van der Waals surface area contributed by atoms with Crippen molar-refractivity contribution >= 4 is 46.4 Å². The number of benzene rings is 1. The fourth-order valence-electron chi connectivity index (χ4n) is 2.02. The van der Waals surface area contributed by atoms with Gasteiger partial charge >= 0.3 is 0 Å². The zero-order valence-corrected chi connectivity index (χ0v) is 15.0. The summed E-state index contributed by atoms with van der Waals surface area (Å²) in [5.74, 6) is -0.115. The second kappa shape index (κ2) is 10.2. The summed E-state index contributed by atoms with van der Waals surface area (Å²) in [6.07, 6.45) is 5.10. The number of hydrogen-bond acceptors (Lipinski definition) is 2. The van der Waals surface area contributed by atoms with E-state index in [2.05, 4.69) is 17.6 Å². The second-order valence-electron chi connectivity index (χ2n) is 5.22. The summed E-state index contributed by atoms with van der Waals surface area (Å²) < 4.78 is -1.63. The molecule has 0 radical (unpaired) electrons. The van der Waals surface area contributed by atoms with E-state index < -0.39 is 9.96 Å². The van der Waals surface area contributed by atoms with Gasteiger partial charge in [0, 0.05) is 12.1 Å². The lowest BCUT2D eigenvalue weighted by Crippen LogP contribution is -2.49. The molecule has 0 saturated carbocycles. The molecule has 1 unspecified atom stereocenters. The van der Waals surface area contributed by atoms with Crippen molar-refractivity contribution in [2.24, 2.45) is 0 Å². The average molecular weight is 366 g/mol. The number of halogens is 3. The number of hydrogen-bond donors (Lipinski definition) is 2. The van der Waals surface area contributed by atoms with Crippen molar-refractivity contribution in [2.75, 3.05) is 5.32 Å². The summed E-state index contributed by atoms with van der Waals surface area (Å²) in [7, 11) is 0. The molecule has 1 atom stereocenters. The van der Waals surface area contributed by atoms with Crippen LogP contribution in [0.2, 0.25) is 0 Å². The van der Waals surface area contributed by atoms with E-state index >= 15 is 0 Å². The van der Waals surface area contributed by atoms with E-state index in [0.29, 0.717) is 6.42 Å². The Balaban J connectivity index is 2.46. The molecule has 0 heterocycles. The van der Waals surface area contributed by atoms with Crippen LogP contribution in [0.3, 0.4) is 0 Å². The maximum absolute atomic E-state index is 12.0. The number of carbonyl (C=O) groups is 1. The van der Waals surface area contributed by atoms with E-state index in [-0.39, 0.29) is 5.91 Å². The van der Waals surface area contributed by atoms with Gasteiger partial charge in [-0.3, -0.25) is 4.79 Å². The predicted octanol–water partition coefficient (Wildman–Crippen LogP) is 5.27. The third-order valence-electron chi connectivity index (χ3n) is 3.22. The molecule has 1 aromatic carbocycles. The molecule has 0 fully saturated rings. The largest absolute Gasteiger partial charge is 0.362 e. The molecule has 0 aromatic heterocycles. The summed E-state index contributed by atoms with van der Waals surface area (Å²) in [6, 6.07) is 9.33. The van der Waals surface area contributed by atoms with Crippen molar-refractivity contribution in [3.8, 4) is 0 Å². The molecule has 22 heavy (non-hydrogen) atoms. The SMILES string of the molecule is CCCCCCCC(=O)NC(Nc1ccccc1)C(Cl)(Cl)Cl. The summed E-state index contributed by atoms with van der Waals surface area (Å²) in [6.45, 7) is 2.16. The Kier molecular flexibility index (Phi) is 8.99. The summed E-state index contributed by atoms with van der Waals surface area (Å²) >= 11 is 17.8. The first kappa shape index (κ1) is 19.4. The topological polar surface area (TPSA) is 41.1 Å². The number of rotatable bonds is 9. The van der Waals surface area contributed by atoms with Crippen LogP contribution in [0.15, 0.2) is 30.3 Å². The molecule has 0 saturated heterocycles. The number of para-hydroxylation sites is 1. The van der Waals surface area contributed by atoms with Gasteiger partial charge < -0.3 is 10.6 Å². The van der Waals surface area contributed by atoms with Gasteiger partial charge in [-0.05, 0) is 18.6 Å². The number of unbranched alkanes of at least 4 members (excludes halogenated alkanes) is 4. The van der Waals surface area contributed by atoms with Gasteiger partial charge in [-0.1, -0.05) is 85.6 Å². The van der Waals surface area contributed by atoms with Crippen LogP contribution in [0, 0.1) is 0 Å². The Morgan fingerprint density at radius 2 is 1.73 bits per heavy atom. The first-order valence-electron chi connectivity index (χ1n) is 7.61. The van der Waals surface area contributed by atoms with Crippen LogP contribution in [0.25, 0.3) is 0 Å². The lowest BCUT2D eigenvalue weighted by atomic mass is 10.1. The molecule has 0 spiro atoms. The highest BCUT2D eigenvalue weighted by atomic mass is 35.6. The lowest BCUT2D eigenvalue weighted by Gasteiger charge is -2.27. The molecule has 6 heteroatoms. The van der Waals surface area contributed by atoms with Crippen molar-refractivity contribution in [3.63, 3.8) is 0 Å². The van der Waals surface area contributed by atoms with Crippen LogP contribution in [0.5, 0.6) is 0 Å². The van der Waals surface area contributed by atoms with Crippen LogP contribution in [0.1, 0.15) is 45.4 Å². The summed E-state index contributed by atoms with van der Waals surface area (Å²) in [5.41, 5.74) is 0.780. The molecule has 3 nitrogen and oxygen atoms in total. The standard InChI is InChI=1S/C16H23Cl3N2O/c1-2-3-4-5-9-12-14(22)21-15(16(17,18)19)20-13-10-7-6-8-11-13/h6-8,10-11,15,20H,2-5,9,12H2,1H3,(H,21,22). The van der Waals surface area contributed by atoms with Gasteiger partial charge in [0.05, 0.1) is 0 Å². The molecule has 1 rings (SSSR count). The van der Waals surface area contributed by atoms with Crippen molar-refractivity contribution in [3.05, 3.63) is 30.3 Å². The van der Waals surface area contributed by atoms with Gasteiger partial charge in [-0.15, -0.1) is 0 Å². The summed E-state index contributed by atoms with van der Waals surface area (Å²) in [4.78, 5) is 12.0. The normalized spacial score (nSPS) is 12.7. The quantitative estimate of drug-likeness (QED) is 0.355. The monoisotopic (exact) mass is 364 g/mol. The third kappa shape index (κ3) is 8.11. The Morgan fingerprint density at radius 3 is 2.32 bits per heavy atom. The van der Waals surface area contributed by atoms with Gasteiger partial charge in [-0.25, -0.2) is 0 Å². The van der Waals surface area contributed by atoms with Crippen LogP contribution < -0.4 is 10.6 Å². The van der Waals surface area contributed by atoms with Crippen LogP contribution in [-0.4, -0.2) is 15.9 Å². The highest BCUT2D eigenvalue weighted by Gasteiger charge is 2.33. The summed E-state index contributed by atoms with van der Waals surface area (Å²) in [5, 5.41) is 5.78. The zero-order chi connectivity index (χ0) is 16.4. The van der Waals surface area contributed by atoms with E-state index in [0.717, 1.165) is 24.9 Å². The Bertz CT molecular complexity index is 435. The molecule has 0 aliphatic carbocycles. The highest BCUT2D eigenvalue weighted by Crippen LogP contribution is 2.31. The zero-order valence-electron chi connectivity index (χ0n) is 12.7. The van der Waals surface area contributed by atoms with E-state index in [9.17, 15) is 4.79 Å². The van der Waals surface area contributed by atoms with Crippen molar-refractivity contribution < 1.29 is 4.79 Å². The molecule has 2 N–H and O–H groups in total. The number of nitrogens with one attached hydrogen (secondary N) is 2. The van der Waals surface area contributed by atoms with Gasteiger partial charge in [0.2, 0.25) is 9.70 Å². The maximum Gasteiger partial charge on any atom is 0.228 e. The van der Waals surface area contributed by atoms with Crippen molar-refractivity contribution in [2.45, 2.75) is 55.4 Å². The number of carbonyl (C=O) groups excluding carboxylic acids is 1. The smallest absolute Gasteiger partial charge is 0.228 e. The lowest BCUT2D eigenvalue weighted by molar-refractivity contribution is -0.121. The van der Waals surface area contributed by atoms with Crippen LogP contribution in [0.4, 0.5) is 5.69 Å². The molecule has 0 bridgehead atoms. The van der Waals surface area contributed by atoms with Gasteiger partial charge in [0.15, 0.2) is 0 Å². The number of amides is 1. The Hall–Kier alpha value is -0.640. The molecular formula is C16H23Cl3N2O. The maximum atomic E-state index is 12.0. The average Bonchev–Trinajstić information content (AvgIpc) is 2.46. The minimum Gasteiger partial charge on any atom is -0.362 e. The van der Waals surface area contributed by atoms with Gasteiger partial charge in [-0.2, -0.15) is 0 Å². The minimum atomic E-state index is -1.63. The fraction of sp³-hybridized carbons (Fsp3) is 0.562. The second-order valence-corrected chi connectivity index (χ2v) is 7.59. The number of anilines is 1. The van der Waals surface area contributed by atoms with Crippen LogP contribution in [-0.2, 0) is 4.79 Å². The van der Waals surface area contributed by atoms with E-state index in [4.69, 9.17) is 34.8 Å². The van der Waals surface area contributed by atoms with Gasteiger partial charge in [0.1, 0.15) is 6.17 Å². The molecule has 0 aliphatic rings. The Labute approximate surface area is 147 Å². The third-order valence-corrected chi connectivity index (χ3v) is 3.88. The molecule has 0 aliphatic heterocycles. The van der Waals surface area contributed by atoms with Gasteiger partial charge in [0.25, 0.3) is 0 Å². The van der Waals surface area contributed by atoms with Crippen molar-refractivity contribution in [1.82, 2.24) is 5.32 Å². The van der Waals surface area contributed by atoms with Crippen LogP contribution >= 0.6 is 34.8 Å². The first-order valence-corrected chi connectivity index (χ1v) is 8.74. The Morgan fingerprint density at radius 1 is 1.09 bits per heavy atom. The fourth-order valence-corrected chi connectivity index (χ4v) is 2.35. The van der Waals surface area contributed by atoms with E-state index in [1.165, 1.54) is 12.8 Å². The van der Waals surface area contributed by atoms with E-state index in [1.54, 1.807) is 0 Å².